The number of carbonyl (C=O) groups is 1. The molecule has 0 aliphatic rings. The second-order valence-corrected chi connectivity index (χ2v) is 5.67. The number of hydrazone groups is 1. The van der Waals surface area contributed by atoms with E-state index >= 15 is 0 Å². The predicted molar refractivity (Wildman–Crippen MR) is 93.4 cm³/mol. The fourth-order valence-electron chi connectivity index (χ4n) is 1.68. The van der Waals surface area contributed by atoms with E-state index in [2.05, 4.69) is 26.5 Å². The Bertz CT molecular complexity index is 722. The van der Waals surface area contributed by atoms with Gasteiger partial charge in [-0.1, -0.05) is 23.7 Å². The molecule has 0 fully saturated rings. The zero-order chi connectivity index (χ0) is 16.7. The quantitative estimate of drug-likeness (QED) is 0.598. The molecule has 0 heterocycles. The van der Waals surface area contributed by atoms with Gasteiger partial charge in [0.05, 0.1) is 22.8 Å². The SMILES string of the molecule is COc1ccc(/C=N\NC(=O)COc2ccccc2Cl)cc1Br. The van der Waals surface area contributed by atoms with E-state index in [9.17, 15) is 4.79 Å². The fourth-order valence-corrected chi connectivity index (χ4v) is 2.43. The Kier molecular flexibility index (Phi) is 6.43. The molecule has 1 amide bonds. The molecule has 0 unspecified atom stereocenters. The summed E-state index contributed by atoms with van der Waals surface area (Å²) in [6.07, 6.45) is 1.53. The highest BCUT2D eigenvalue weighted by atomic mass is 79.9. The molecule has 120 valence electrons. The number of carbonyl (C=O) groups excluding carboxylic acids is 1. The van der Waals surface area contributed by atoms with Gasteiger partial charge in [-0.3, -0.25) is 4.79 Å². The van der Waals surface area contributed by atoms with Crippen LogP contribution in [-0.4, -0.2) is 25.8 Å². The lowest BCUT2D eigenvalue weighted by Crippen LogP contribution is -2.24. The molecule has 0 aliphatic heterocycles. The Morgan fingerprint density at radius 1 is 1.30 bits per heavy atom. The van der Waals surface area contributed by atoms with Crippen molar-refractivity contribution in [1.29, 1.82) is 0 Å². The second kappa shape index (κ2) is 8.55. The summed E-state index contributed by atoms with van der Waals surface area (Å²) in [4.78, 5) is 11.7. The van der Waals surface area contributed by atoms with Crippen molar-refractivity contribution in [3.05, 3.63) is 57.5 Å². The Balaban J connectivity index is 1.84. The summed E-state index contributed by atoms with van der Waals surface area (Å²) in [5, 5.41) is 4.32. The maximum Gasteiger partial charge on any atom is 0.277 e. The zero-order valence-electron chi connectivity index (χ0n) is 12.3. The van der Waals surface area contributed by atoms with Crippen LogP contribution in [-0.2, 0) is 4.79 Å². The summed E-state index contributed by atoms with van der Waals surface area (Å²) in [5.74, 6) is 0.792. The van der Waals surface area contributed by atoms with Crippen LogP contribution in [0.4, 0.5) is 0 Å². The normalized spacial score (nSPS) is 10.6. The Morgan fingerprint density at radius 3 is 2.78 bits per heavy atom. The number of halogens is 2. The van der Waals surface area contributed by atoms with Crippen molar-refractivity contribution in [3.63, 3.8) is 0 Å². The van der Waals surface area contributed by atoms with Crippen molar-refractivity contribution in [2.45, 2.75) is 0 Å². The maximum absolute atomic E-state index is 11.7. The molecule has 2 aromatic carbocycles. The summed E-state index contributed by atoms with van der Waals surface area (Å²) >= 11 is 9.31. The van der Waals surface area contributed by atoms with E-state index in [-0.39, 0.29) is 12.5 Å². The van der Waals surface area contributed by atoms with Crippen molar-refractivity contribution in [1.82, 2.24) is 5.43 Å². The number of amides is 1. The molecule has 23 heavy (non-hydrogen) atoms. The van der Waals surface area contributed by atoms with Crippen LogP contribution in [0.2, 0.25) is 5.02 Å². The van der Waals surface area contributed by atoms with Gasteiger partial charge in [0.25, 0.3) is 5.91 Å². The van der Waals surface area contributed by atoms with Gasteiger partial charge in [0.2, 0.25) is 0 Å². The number of benzene rings is 2. The summed E-state index contributed by atoms with van der Waals surface area (Å²) in [6, 6.07) is 12.4. The van der Waals surface area contributed by atoms with Gasteiger partial charge in [-0.05, 0) is 51.8 Å². The van der Waals surface area contributed by atoms with Gasteiger partial charge < -0.3 is 9.47 Å². The maximum atomic E-state index is 11.7. The molecule has 0 aromatic heterocycles. The summed E-state index contributed by atoms with van der Waals surface area (Å²) in [6.45, 7) is -0.173. The van der Waals surface area contributed by atoms with Crippen molar-refractivity contribution < 1.29 is 14.3 Å². The second-order valence-electron chi connectivity index (χ2n) is 4.41. The molecule has 0 aliphatic carbocycles. The lowest BCUT2D eigenvalue weighted by atomic mass is 10.2. The molecule has 5 nitrogen and oxygen atoms in total. The van der Waals surface area contributed by atoms with Crippen molar-refractivity contribution in [3.8, 4) is 11.5 Å². The molecule has 0 saturated carbocycles. The summed E-state index contributed by atoms with van der Waals surface area (Å²) < 4.78 is 11.2. The van der Waals surface area contributed by atoms with E-state index in [1.807, 2.05) is 12.1 Å². The van der Waals surface area contributed by atoms with Crippen molar-refractivity contribution in [2.75, 3.05) is 13.7 Å². The number of para-hydroxylation sites is 1. The first kappa shape index (κ1) is 17.3. The molecule has 2 aromatic rings. The fraction of sp³-hybridized carbons (Fsp3) is 0.125. The van der Waals surface area contributed by atoms with Gasteiger partial charge in [-0.25, -0.2) is 5.43 Å². The number of hydrogen-bond acceptors (Lipinski definition) is 4. The molecule has 2 rings (SSSR count). The molecular weight excluding hydrogens is 384 g/mol. The highest BCUT2D eigenvalue weighted by molar-refractivity contribution is 9.10. The van der Waals surface area contributed by atoms with Crippen LogP contribution in [0.1, 0.15) is 5.56 Å². The lowest BCUT2D eigenvalue weighted by Gasteiger charge is -2.06. The predicted octanol–water partition coefficient (Wildman–Crippen LogP) is 3.64. The first-order chi connectivity index (χ1) is 11.1. The Labute approximate surface area is 147 Å². The minimum absolute atomic E-state index is 0.173. The third kappa shape index (κ3) is 5.26. The van der Waals surface area contributed by atoms with Gasteiger partial charge in [-0.2, -0.15) is 5.10 Å². The molecular formula is C16H14BrClN2O3. The summed E-state index contributed by atoms with van der Waals surface area (Å²) in [7, 11) is 1.59. The third-order valence-electron chi connectivity index (χ3n) is 2.77. The van der Waals surface area contributed by atoms with E-state index in [0.29, 0.717) is 10.8 Å². The Morgan fingerprint density at radius 2 is 2.09 bits per heavy atom. The molecule has 0 spiro atoms. The topological polar surface area (TPSA) is 59.9 Å². The van der Waals surface area contributed by atoms with Crippen LogP contribution in [0.25, 0.3) is 0 Å². The van der Waals surface area contributed by atoms with Gasteiger partial charge in [0, 0.05) is 0 Å². The summed E-state index contributed by atoms with van der Waals surface area (Å²) in [5.41, 5.74) is 3.19. The highest BCUT2D eigenvalue weighted by Crippen LogP contribution is 2.25. The number of ether oxygens (including phenoxy) is 2. The van der Waals surface area contributed by atoms with Crippen molar-refractivity contribution in [2.24, 2.45) is 5.10 Å². The molecule has 0 bridgehead atoms. The van der Waals surface area contributed by atoms with E-state index in [4.69, 9.17) is 21.1 Å². The van der Waals surface area contributed by atoms with Crippen LogP contribution < -0.4 is 14.9 Å². The molecule has 0 saturated heterocycles. The molecule has 7 heteroatoms. The molecule has 1 N–H and O–H groups in total. The van der Waals surface area contributed by atoms with Crippen LogP contribution in [0.5, 0.6) is 11.5 Å². The van der Waals surface area contributed by atoms with Gasteiger partial charge >= 0.3 is 0 Å². The lowest BCUT2D eigenvalue weighted by molar-refractivity contribution is -0.123. The van der Waals surface area contributed by atoms with Crippen LogP contribution in [0.15, 0.2) is 52.0 Å². The van der Waals surface area contributed by atoms with Crippen molar-refractivity contribution >= 4 is 39.7 Å². The third-order valence-corrected chi connectivity index (χ3v) is 3.71. The van der Waals surface area contributed by atoms with E-state index < -0.39 is 0 Å². The first-order valence-corrected chi connectivity index (χ1v) is 7.80. The molecule has 0 radical (unpaired) electrons. The van der Waals surface area contributed by atoms with Gasteiger partial charge in [-0.15, -0.1) is 0 Å². The van der Waals surface area contributed by atoms with E-state index in [0.717, 1.165) is 15.8 Å². The minimum atomic E-state index is -0.381. The standard InChI is InChI=1S/C16H14BrClN2O3/c1-22-14-7-6-11(8-12(14)17)9-19-20-16(21)10-23-15-5-3-2-4-13(15)18/h2-9H,10H2,1H3,(H,20,21)/b19-9-. The van der Waals surface area contributed by atoms with E-state index in [1.54, 1.807) is 37.4 Å². The first-order valence-electron chi connectivity index (χ1n) is 6.63. The average molecular weight is 398 g/mol. The number of nitrogens with one attached hydrogen (secondary N) is 1. The van der Waals surface area contributed by atoms with Gasteiger partial charge in [0.15, 0.2) is 6.61 Å². The zero-order valence-corrected chi connectivity index (χ0v) is 14.6. The smallest absolute Gasteiger partial charge is 0.277 e. The number of rotatable bonds is 6. The largest absolute Gasteiger partial charge is 0.496 e. The van der Waals surface area contributed by atoms with Crippen LogP contribution >= 0.6 is 27.5 Å². The monoisotopic (exact) mass is 396 g/mol. The van der Waals surface area contributed by atoms with Crippen LogP contribution in [0.3, 0.4) is 0 Å². The highest BCUT2D eigenvalue weighted by Gasteiger charge is 2.04. The Hall–Kier alpha value is -2.05. The number of hydrogen-bond donors (Lipinski definition) is 1. The van der Waals surface area contributed by atoms with E-state index in [1.165, 1.54) is 6.21 Å². The minimum Gasteiger partial charge on any atom is -0.496 e. The van der Waals surface area contributed by atoms with Gasteiger partial charge in [0.1, 0.15) is 11.5 Å². The average Bonchev–Trinajstić information content (AvgIpc) is 2.54. The van der Waals surface area contributed by atoms with Crippen LogP contribution in [0, 0.1) is 0 Å². The number of nitrogens with zero attached hydrogens (tertiary/aromatic N) is 1. The number of methoxy groups -OCH3 is 1. The molecule has 0 atom stereocenters.